The second-order valence-electron chi connectivity index (χ2n) is 6.81. The molecule has 1 aliphatic rings. The SMILES string of the molecule is Cc1ccccc1N(CCCC(=O)N1CCC[C@H](C)C1)S(C)(=O)=O. The van der Waals surface area contributed by atoms with Crippen LogP contribution < -0.4 is 4.31 Å². The molecule has 1 atom stereocenters. The van der Waals surface area contributed by atoms with Crippen LogP contribution in [0.3, 0.4) is 0 Å². The Hall–Kier alpha value is -1.56. The molecule has 0 spiro atoms. The van der Waals surface area contributed by atoms with Crippen LogP contribution >= 0.6 is 0 Å². The molecule has 0 N–H and O–H groups in total. The van der Waals surface area contributed by atoms with Crippen molar-refractivity contribution in [1.29, 1.82) is 0 Å². The average molecular weight is 353 g/mol. The van der Waals surface area contributed by atoms with Gasteiger partial charge in [-0.1, -0.05) is 25.1 Å². The number of aryl methyl sites for hydroxylation is 1. The number of piperidine rings is 1. The summed E-state index contributed by atoms with van der Waals surface area (Å²) in [5.41, 5.74) is 1.61. The van der Waals surface area contributed by atoms with E-state index in [1.165, 1.54) is 17.0 Å². The molecule has 0 radical (unpaired) electrons. The number of hydrogen-bond acceptors (Lipinski definition) is 3. The van der Waals surface area contributed by atoms with Crippen LogP contribution in [0.5, 0.6) is 0 Å². The van der Waals surface area contributed by atoms with Crippen molar-refractivity contribution in [2.75, 3.05) is 30.2 Å². The Morgan fingerprint density at radius 1 is 1.33 bits per heavy atom. The first-order valence-electron chi connectivity index (χ1n) is 8.60. The molecule has 1 heterocycles. The fourth-order valence-electron chi connectivity index (χ4n) is 3.26. The van der Waals surface area contributed by atoms with Gasteiger partial charge in [0, 0.05) is 26.1 Å². The maximum Gasteiger partial charge on any atom is 0.232 e. The highest BCUT2D eigenvalue weighted by molar-refractivity contribution is 7.92. The molecule has 5 nitrogen and oxygen atoms in total. The van der Waals surface area contributed by atoms with Crippen LogP contribution in [-0.2, 0) is 14.8 Å². The molecule has 2 rings (SSSR count). The summed E-state index contributed by atoms with van der Waals surface area (Å²) < 4.78 is 25.7. The Morgan fingerprint density at radius 2 is 2.04 bits per heavy atom. The zero-order valence-corrected chi connectivity index (χ0v) is 15.7. The summed E-state index contributed by atoms with van der Waals surface area (Å²) in [6.07, 6.45) is 4.38. The molecule has 1 aliphatic heterocycles. The minimum Gasteiger partial charge on any atom is -0.342 e. The molecular weight excluding hydrogens is 324 g/mol. The number of likely N-dealkylation sites (tertiary alicyclic amines) is 1. The van der Waals surface area contributed by atoms with Gasteiger partial charge >= 0.3 is 0 Å². The Morgan fingerprint density at radius 3 is 2.67 bits per heavy atom. The lowest BCUT2D eigenvalue weighted by Crippen LogP contribution is -2.39. The van der Waals surface area contributed by atoms with Gasteiger partial charge in [0.05, 0.1) is 11.9 Å². The van der Waals surface area contributed by atoms with E-state index in [9.17, 15) is 13.2 Å². The normalized spacial score (nSPS) is 18.5. The standard InChI is InChI=1S/C18H28N2O3S/c1-15-8-6-12-19(14-15)18(21)11-7-13-20(24(3,22)23)17-10-5-4-9-16(17)2/h4-5,9-10,15H,6-8,11-14H2,1-3H3/t15-/m0/s1. The zero-order chi connectivity index (χ0) is 17.7. The molecule has 0 unspecified atom stereocenters. The molecule has 134 valence electrons. The van der Waals surface area contributed by atoms with E-state index in [2.05, 4.69) is 6.92 Å². The van der Waals surface area contributed by atoms with E-state index < -0.39 is 10.0 Å². The van der Waals surface area contributed by atoms with Gasteiger partial charge in [0.1, 0.15) is 0 Å². The topological polar surface area (TPSA) is 57.7 Å². The Balaban J connectivity index is 1.97. The lowest BCUT2D eigenvalue weighted by molar-refractivity contribution is -0.132. The van der Waals surface area contributed by atoms with E-state index >= 15 is 0 Å². The number of rotatable bonds is 6. The minimum atomic E-state index is -3.36. The first-order valence-corrected chi connectivity index (χ1v) is 10.4. The van der Waals surface area contributed by atoms with Crippen molar-refractivity contribution in [3.05, 3.63) is 29.8 Å². The molecule has 0 bridgehead atoms. The molecule has 24 heavy (non-hydrogen) atoms. The smallest absolute Gasteiger partial charge is 0.232 e. The van der Waals surface area contributed by atoms with Crippen molar-refractivity contribution in [2.45, 2.75) is 39.5 Å². The number of nitrogens with zero attached hydrogens (tertiary/aromatic N) is 2. The van der Waals surface area contributed by atoms with Gasteiger partial charge in [0.25, 0.3) is 0 Å². The summed E-state index contributed by atoms with van der Waals surface area (Å²) in [5, 5.41) is 0. The van der Waals surface area contributed by atoms with Crippen LogP contribution in [0.4, 0.5) is 5.69 Å². The van der Waals surface area contributed by atoms with Gasteiger partial charge in [-0.05, 0) is 43.7 Å². The van der Waals surface area contributed by atoms with Crippen LogP contribution in [0.15, 0.2) is 24.3 Å². The summed E-state index contributed by atoms with van der Waals surface area (Å²) in [5.74, 6) is 0.696. The van der Waals surface area contributed by atoms with Crippen molar-refractivity contribution in [2.24, 2.45) is 5.92 Å². The quantitative estimate of drug-likeness (QED) is 0.791. The second kappa shape index (κ2) is 8.01. The molecule has 1 aromatic carbocycles. The summed E-state index contributed by atoms with van der Waals surface area (Å²) in [4.78, 5) is 14.3. The van der Waals surface area contributed by atoms with Gasteiger partial charge < -0.3 is 4.90 Å². The molecular formula is C18H28N2O3S. The first kappa shape index (κ1) is 18.8. The largest absolute Gasteiger partial charge is 0.342 e. The van der Waals surface area contributed by atoms with Gasteiger partial charge in [-0.15, -0.1) is 0 Å². The lowest BCUT2D eigenvalue weighted by atomic mass is 10.00. The molecule has 6 heteroatoms. The summed E-state index contributed by atoms with van der Waals surface area (Å²) >= 11 is 0. The summed E-state index contributed by atoms with van der Waals surface area (Å²) in [7, 11) is -3.36. The molecule has 1 amide bonds. The number of benzene rings is 1. The van der Waals surface area contributed by atoms with Crippen LogP contribution in [0.25, 0.3) is 0 Å². The average Bonchev–Trinajstić information content (AvgIpc) is 2.51. The summed E-state index contributed by atoms with van der Waals surface area (Å²) in [6, 6.07) is 7.43. The molecule has 1 aromatic rings. The number of amides is 1. The van der Waals surface area contributed by atoms with Crippen molar-refractivity contribution < 1.29 is 13.2 Å². The fourth-order valence-corrected chi connectivity index (χ4v) is 4.28. The van der Waals surface area contributed by atoms with Gasteiger partial charge in [-0.25, -0.2) is 8.42 Å². The van der Waals surface area contributed by atoms with Gasteiger partial charge in [-0.3, -0.25) is 9.10 Å². The van der Waals surface area contributed by atoms with E-state index in [-0.39, 0.29) is 5.91 Å². The Kier molecular flexibility index (Phi) is 6.27. The van der Waals surface area contributed by atoms with E-state index in [1.54, 1.807) is 0 Å². The third-order valence-corrected chi connectivity index (χ3v) is 5.73. The maximum absolute atomic E-state index is 12.3. The number of anilines is 1. The highest BCUT2D eigenvalue weighted by Gasteiger charge is 2.22. The van der Waals surface area contributed by atoms with Crippen molar-refractivity contribution in [1.82, 2.24) is 4.90 Å². The van der Waals surface area contributed by atoms with Crippen LogP contribution in [0.1, 0.15) is 38.2 Å². The molecule has 0 aromatic heterocycles. The summed E-state index contributed by atoms with van der Waals surface area (Å²) in [6.45, 7) is 6.05. The van der Waals surface area contributed by atoms with Crippen LogP contribution in [0.2, 0.25) is 0 Å². The van der Waals surface area contributed by atoms with Gasteiger partial charge in [-0.2, -0.15) is 0 Å². The van der Waals surface area contributed by atoms with E-state index in [1.807, 2.05) is 36.1 Å². The number of hydrogen-bond donors (Lipinski definition) is 0. The Bertz CT molecular complexity index is 673. The number of sulfonamides is 1. The molecule has 0 saturated carbocycles. The fraction of sp³-hybridized carbons (Fsp3) is 0.611. The third-order valence-electron chi connectivity index (χ3n) is 4.55. The monoisotopic (exact) mass is 352 g/mol. The highest BCUT2D eigenvalue weighted by atomic mass is 32.2. The Labute approximate surface area is 145 Å². The second-order valence-corrected chi connectivity index (χ2v) is 8.72. The number of carbonyl (C=O) groups is 1. The van der Waals surface area contributed by atoms with Crippen molar-refractivity contribution in [3.8, 4) is 0 Å². The van der Waals surface area contributed by atoms with Crippen molar-refractivity contribution >= 4 is 21.6 Å². The van der Waals surface area contributed by atoms with E-state index in [0.717, 1.165) is 25.1 Å². The predicted octanol–water partition coefficient (Wildman–Crippen LogP) is 2.80. The zero-order valence-electron chi connectivity index (χ0n) is 14.9. The highest BCUT2D eigenvalue weighted by Crippen LogP contribution is 2.23. The van der Waals surface area contributed by atoms with Crippen molar-refractivity contribution in [3.63, 3.8) is 0 Å². The number of carbonyl (C=O) groups excluding carboxylic acids is 1. The van der Waals surface area contributed by atoms with Gasteiger partial charge in [0.2, 0.25) is 15.9 Å². The van der Waals surface area contributed by atoms with Crippen LogP contribution in [0, 0.1) is 12.8 Å². The molecule has 1 saturated heterocycles. The first-order chi connectivity index (χ1) is 11.3. The minimum absolute atomic E-state index is 0.139. The maximum atomic E-state index is 12.3. The lowest BCUT2D eigenvalue weighted by Gasteiger charge is -2.31. The van der Waals surface area contributed by atoms with Crippen LogP contribution in [-0.4, -0.2) is 45.1 Å². The van der Waals surface area contributed by atoms with E-state index in [4.69, 9.17) is 0 Å². The molecule has 0 aliphatic carbocycles. The predicted molar refractivity (Wildman–Crippen MR) is 97.6 cm³/mol. The van der Waals surface area contributed by atoms with Gasteiger partial charge in [0.15, 0.2) is 0 Å². The third kappa shape index (κ3) is 4.97. The number of para-hydroxylation sites is 1. The molecule has 1 fully saturated rings. The van der Waals surface area contributed by atoms with E-state index in [0.29, 0.717) is 31.0 Å².